The molecular formula is C11H9F2N. The Labute approximate surface area is 81.0 Å². The van der Waals surface area contributed by atoms with Gasteiger partial charge in [-0.15, -0.1) is 0 Å². The van der Waals surface area contributed by atoms with Crippen LogP contribution in [0.15, 0.2) is 18.2 Å². The van der Waals surface area contributed by atoms with Gasteiger partial charge in [-0.2, -0.15) is 5.26 Å². The number of halogens is 2. The van der Waals surface area contributed by atoms with E-state index < -0.39 is 11.6 Å². The first kappa shape index (κ1) is 9.14. The van der Waals surface area contributed by atoms with Gasteiger partial charge in [0.05, 0.1) is 11.5 Å². The zero-order valence-electron chi connectivity index (χ0n) is 7.56. The molecule has 0 aliphatic heterocycles. The van der Waals surface area contributed by atoms with E-state index in [1.54, 1.807) is 0 Å². The highest BCUT2D eigenvalue weighted by Gasteiger charge is 2.42. The number of benzene rings is 1. The maximum Gasteiger partial charge on any atom is 0.159 e. The lowest BCUT2D eigenvalue weighted by atomic mass is 9.98. The lowest BCUT2D eigenvalue weighted by molar-refractivity contribution is 0.505. The third-order valence-corrected chi connectivity index (χ3v) is 2.62. The highest BCUT2D eigenvalue weighted by molar-refractivity contribution is 5.24. The molecule has 0 N–H and O–H groups in total. The summed E-state index contributed by atoms with van der Waals surface area (Å²) in [5.41, 5.74) is 0.396. The fourth-order valence-corrected chi connectivity index (χ4v) is 1.52. The van der Waals surface area contributed by atoms with E-state index in [0.717, 1.165) is 18.9 Å². The van der Waals surface area contributed by atoms with Crippen molar-refractivity contribution in [3.05, 3.63) is 35.4 Å². The molecule has 1 aromatic rings. The molecule has 14 heavy (non-hydrogen) atoms. The smallest absolute Gasteiger partial charge is 0.159 e. The van der Waals surface area contributed by atoms with E-state index in [9.17, 15) is 8.78 Å². The molecule has 0 bridgehead atoms. The molecular weight excluding hydrogens is 184 g/mol. The second-order valence-corrected chi connectivity index (χ2v) is 3.82. The first-order valence-electron chi connectivity index (χ1n) is 4.50. The maximum atomic E-state index is 12.8. The fraction of sp³-hybridized carbons (Fsp3) is 0.364. The van der Waals surface area contributed by atoms with E-state index in [-0.39, 0.29) is 5.41 Å². The van der Waals surface area contributed by atoms with E-state index >= 15 is 0 Å². The molecule has 0 atom stereocenters. The van der Waals surface area contributed by atoms with Crippen LogP contribution in [-0.4, -0.2) is 0 Å². The quantitative estimate of drug-likeness (QED) is 0.708. The van der Waals surface area contributed by atoms with Gasteiger partial charge >= 0.3 is 0 Å². The molecule has 1 aliphatic carbocycles. The summed E-state index contributed by atoms with van der Waals surface area (Å²) < 4.78 is 25.4. The van der Waals surface area contributed by atoms with Crippen molar-refractivity contribution in [2.24, 2.45) is 5.41 Å². The van der Waals surface area contributed by atoms with E-state index in [1.165, 1.54) is 12.1 Å². The second kappa shape index (κ2) is 3.06. The normalized spacial score (nSPS) is 17.5. The average Bonchev–Trinajstić information content (AvgIpc) is 2.93. The van der Waals surface area contributed by atoms with Crippen LogP contribution in [0.4, 0.5) is 8.78 Å². The van der Waals surface area contributed by atoms with E-state index in [1.807, 2.05) is 0 Å². The van der Waals surface area contributed by atoms with Gasteiger partial charge in [-0.25, -0.2) is 8.78 Å². The van der Waals surface area contributed by atoms with Gasteiger partial charge in [-0.3, -0.25) is 0 Å². The Balaban J connectivity index is 2.19. The first-order chi connectivity index (χ1) is 6.65. The van der Waals surface area contributed by atoms with Gasteiger partial charge in [0.2, 0.25) is 0 Å². The molecule has 0 saturated heterocycles. The maximum absolute atomic E-state index is 12.8. The van der Waals surface area contributed by atoms with Crippen LogP contribution in [-0.2, 0) is 6.42 Å². The molecule has 72 valence electrons. The van der Waals surface area contributed by atoms with Gasteiger partial charge in [-0.05, 0) is 37.0 Å². The lowest BCUT2D eigenvalue weighted by Crippen LogP contribution is -2.02. The predicted octanol–water partition coefficient (Wildman–Crippen LogP) is 2.81. The summed E-state index contributed by atoms with van der Waals surface area (Å²) in [4.78, 5) is 0. The number of nitriles is 1. The lowest BCUT2D eigenvalue weighted by Gasteiger charge is -2.05. The molecule has 0 aromatic heterocycles. The van der Waals surface area contributed by atoms with Crippen LogP contribution in [0.2, 0.25) is 0 Å². The second-order valence-electron chi connectivity index (χ2n) is 3.82. The Morgan fingerprint density at radius 2 is 2.00 bits per heavy atom. The van der Waals surface area contributed by atoms with Crippen LogP contribution < -0.4 is 0 Å². The number of nitrogens with zero attached hydrogens (tertiary/aromatic N) is 1. The number of rotatable bonds is 2. The molecule has 1 saturated carbocycles. The van der Waals surface area contributed by atoms with Crippen molar-refractivity contribution in [3.63, 3.8) is 0 Å². The summed E-state index contributed by atoms with van der Waals surface area (Å²) >= 11 is 0. The average molecular weight is 193 g/mol. The highest BCUT2D eigenvalue weighted by Crippen LogP contribution is 2.47. The first-order valence-corrected chi connectivity index (χ1v) is 4.50. The van der Waals surface area contributed by atoms with Crippen LogP contribution in [0.3, 0.4) is 0 Å². The summed E-state index contributed by atoms with van der Waals surface area (Å²) in [5.74, 6) is -1.67. The molecule has 3 heteroatoms. The van der Waals surface area contributed by atoms with Crippen molar-refractivity contribution >= 4 is 0 Å². The number of hydrogen-bond acceptors (Lipinski definition) is 1. The standard InChI is InChI=1S/C11H9F2N/c12-9-2-1-8(5-10(9)13)6-11(7-14)3-4-11/h1-2,5H,3-4,6H2. The highest BCUT2D eigenvalue weighted by atomic mass is 19.2. The monoisotopic (exact) mass is 193 g/mol. The van der Waals surface area contributed by atoms with Crippen molar-refractivity contribution < 1.29 is 8.78 Å². The van der Waals surface area contributed by atoms with Crippen LogP contribution in [0.5, 0.6) is 0 Å². The molecule has 1 aliphatic rings. The summed E-state index contributed by atoms with van der Waals surface area (Å²) in [6.07, 6.45) is 2.26. The van der Waals surface area contributed by atoms with Crippen LogP contribution in [0.25, 0.3) is 0 Å². The van der Waals surface area contributed by atoms with Gasteiger partial charge in [0.1, 0.15) is 0 Å². The molecule has 2 rings (SSSR count). The molecule has 1 aromatic carbocycles. The van der Waals surface area contributed by atoms with Gasteiger partial charge in [-0.1, -0.05) is 6.07 Å². The molecule has 0 amide bonds. The summed E-state index contributed by atoms with van der Waals surface area (Å²) in [6.45, 7) is 0. The van der Waals surface area contributed by atoms with Gasteiger partial charge < -0.3 is 0 Å². The molecule has 1 nitrogen and oxygen atoms in total. The molecule has 1 fully saturated rings. The van der Waals surface area contributed by atoms with Crippen molar-refractivity contribution in [2.45, 2.75) is 19.3 Å². The predicted molar refractivity (Wildman–Crippen MR) is 47.3 cm³/mol. The Morgan fingerprint density at radius 3 is 2.50 bits per heavy atom. The molecule has 0 spiro atoms. The van der Waals surface area contributed by atoms with Crippen LogP contribution in [0.1, 0.15) is 18.4 Å². The van der Waals surface area contributed by atoms with E-state index in [2.05, 4.69) is 6.07 Å². The summed E-state index contributed by atoms with van der Waals surface area (Å²) in [6, 6.07) is 6.04. The Kier molecular flexibility index (Phi) is 1.99. The van der Waals surface area contributed by atoms with E-state index in [0.29, 0.717) is 12.0 Å². The van der Waals surface area contributed by atoms with Gasteiger partial charge in [0, 0.05) is 0 Å². The Morgan fingerprint density at radius 1 is 1.29 bits per heavy atom. The molecule has 0 unspecified atom stereocenters. The minimum absolute atomic E-state index is 0.301. The van der Waals surface area contributed by atoms with Crippen molar-refractivity contribution in [2.75, 3.05) is 0 Å². The zero-order valence-corrected chi connectivity index (χ0v) is 7.56. The van der Waals surface area contributed by atoms with Crippen LogP contribution in [0, 0.1) is 28.4 Å². The largest absolute Gasteiger partial charge is 0.204 e. The van der Waals surface area contributed by atoms with Gasteiger partial charge in [0.15, 0.2) is 11.6 Å². The molecule has 0 heterocycles. The van der Waals surface area contributed by atoms with Crippen molar-refractivity contribution in [1.29, 1.82) is 5.26 Å². The summed E-state index contributed by atoms with van der Waals surface area (Å²) in [5, 5.41) is 8.82. The topological polar surface area (TPSA) is 23.8 Å². The van der Waals surface area contributed by atoms with E-state index in [4.69, 9.17) is 5.26 Å². The van der Waals surface area contributed by atoms with Crippen molar-refractivity contribution in [3.8, 4) is 6.07 Å². The van der Waals surface area contributed by atoms with Crippen LogP contribution >= 0.6 is 0 Å². The van der Waals surface area contributed by atoms with Crippen molar-refractivity contribution in [1.82, 2.24) is 0 Å². The zero-order chi connectivity index (χ0) is 10.2. The SMILES string of the molecule is N#CC1(Cc2ccc(F)c(F)c2)CC1. The fourth-order valence-electron chi connectivity index (χ4n) is 1.52. The third kappa shape index (κ3) is 1.60. The molecule has 0 radical (unpaired) electrons. The Hall–Kier alpha value is -1.43. The number of hydrogen-bond donors (Lipinski definition) is 0. The minimum Gasteiger partial charge on any atom is -0.204 e. The Bertz CT molecular complexity index is 402. The summed E-state index contributed by atoms with van der Waals surface area (Å²) in [7, 11) is 0. The minimum atomic E-state index is -0.837. The third-order valence-electron chi connectivity index (χ3n) is 2.62. The van der Waals surface area contributed by atoms with Gasteiger partial charge in [0.25, 0.3) is 0 Å².